The van der Waals surface area contributed by atoms with E-state index in [4.69, 9.17) is 0 Å². The van der Waals surface area contributed by atoms with Crippen molar-refractivity contribution in [3.8, 4) is 0 Å². The standard InChI is InChI=1S/C19H18N4O3S2/c1-13-21-22-19(27-13)20-18(24)15-7-4-8-17(11-15)28(25,26)23-10-9-14-5-2-3-6-16(14)12-23/h2-8,11H,9-10,12H2,1H3,(H,20,22,24). The van der Waals surface area contributed by atoms with Gasteiger partial charge in [-0.05, 0) is 42.7 Å². The molecule has 2 aromatic carbocycles. The Morgan fingerprint density at radius 2 is 1.89 bits per heavy atom. The number of rotatable bonds is 4. The summed E-state index contributed by atoms with van der Waals surface area (Å²) in [7, 11) is -3.70. The van der Waals surface area contributed by atoms with Crippen LogP contribution in [0.2, 0.25) is 0 Å². The van der Waals surface area contributed by atoms with Crippen LogP contribution in [0.4, 0.5) is 5.13 Å². The smallest absolute Gasteiger partial charge is 0.257 e. The van der Waals surface area contributed by atoms with E-state index in [9.17, 15) is 13.2 Å². The number of carbonyl (C=O) groups is 1. The highest BCUT2D eigenvalue weighted by Gasteiger charge is 2.28. The number of fused-ring (bicyclic) bond motifs is 1. The molecule has 2 heterocycles. The van der Waals surface area contributed by atoms with Crippen molar-refractivity contribution in [1.82, 2.24) is 14.5 Å². The molecule has 144 valence electrons. The zero-order valence-electron chi connectivity index (χ0n) is 15.1. The quantitative estimate of drug-likeness (QED) is 0.709. The van der Waals surface area contributed by atoms with Gasteiger partial charge in [-0.25, -0.2) is 8.42 Å². The predicted octanol–water partition coefficient (Wildman–Crippen LogP) is 2.85. The molecule has 0 atom stereocenters. The Bertz CT molecular complexity index is 1140. The fourth-order valence-electron chi connectivity index (χ4n) is 3.14. The van der Waals surface area contributed by atoms with Crippen molar-refractivity contribution < 1.29 is 13.2 Å². The van der Waals surface area contributed by atoms with Gasteiger partial charge in [-0.2, -0.15) is 4.31 Å². The molecular weight excluding hydrogens is 396 g/mol. The molecule has 4 rings (SSSR count). The first-order chi connectivity index (χ1) is 13.4. The molecule has 3 aromatic rings. The second-order valence-electron chi connectivity index (χ2n) is 6.47. The van der Waals surface area contributed by atoms with Gasteiger partial charge in [0.2, 0.25) is 15.2 Å². The number of sulfonamides is 1. The Balaban J connectivity index is 1.57. The van der Waals surface area contributed by atoms with Crippen LogP contribution in [0.15, 0.2) is 53.4 Å². The van der Waals surface area contributed by atoms with Crippen LogP contribution >= 0.6 is 11.3 Å². The number of hydrogen-bond donors (Lipinski definition) is 1. The number of anilines is 1. The fraction of sp³-hybridized carbons (Fsp3) is 0.211. The molecule has 1 aliphatic rings. The third kappa shape index (κ3) is 3.68. The minimum absolute atomic E-state index is 0.105. The highest BCUT2D eigenvalue weighted by Crippen LogP contribution is 2.25. The van der Waals surface area contributed by atoms with Crippen molar-refractivity contribution >= 4 is 32.4 Å². The predicted molar refractivity (Wildman–Crippen MR) is 107 cm³/mol. The van der Waals surface area contributed by atoms with Crippen LogP contribution in [0.5, 0.6) is 0 Å². The lowest BCUT2D eigenvalue weighted by Crippen LogP contribution is -2.36. The number of carbonyl (C=O) groups excluding carboxylic acids is 1. The Kier molecular flexibility index (Phi) is 4.96. The molecule has 1 N–H and O–H groups in total. The van der Waals surface area contributed by atoms with Crippen LogP contribution in [0.1, 0.15) is 26.5 Å². The summed E-state index contributed by atoms with van der Waals surface area (Å²) in [5.41, 5.74) is 2.44. The second kappa shape index (κ2) is 7.42. The normalized spacial score (nSPS) is 14.5. The monoisotopic (exact) mass is 414 g/mol. The third-order valence-electron chi connectivity index (χ3n) is 4.58. The zero-order valence-corrected chi connectivity index (χ0v) is 16.8. The van der Waals surface area contributed by atoms with Crippen molar-refractivity contribution in [3.05, 3.63) is 70.2 Å². The second-order valence-corrected chi connectivity index (χ2v) is 9.59. The van der Waals surface area contributed by atoms with Crippen molar-refractivity contribution in [2.75, 3.05) is 11.9 Å². The highest BCUT2D eigenvalue weighted by molar-refractivity contribution is 7.89. The molecule has 0 aliphatic carbocycles. The number of nitrogens with zero attached hydrogens (tertiary/aromatic N) is 3. The lowest BCUT2D eigenvalue weighted by Gasteiger charge is -2.28. The first-order valence-corrected chi connectivity index (χ1v) is 11.0. The number of aromatic nitrogens is 2. The van der Waals surface area contributed by atoms with Crippen molar-refractivity contribution in [3.63, 3.8) is 0 Å². The van der Waals surface area contributed by atoms with Crippen molar-refractivity contribution in [2.45, 2.75) is 24.8 Å². The number of benzene rings is 2. The van der Waals surface area contributed by atoms with E-state index in [1.54, 1.807) is 19.1 Å². The largest absolute Gasteiger partial charge is 0.296 e. The molecule has 0 radical (unpaired) electrons. The van der Waals surface area contributed by atoms with E-state index in [0.29, 0.717) is 24.6 Å². The molecule has 0 saturated heterocycles. The van der Waals surface area contributed by atoms with E-state index in [0.717, 1.165) is 10.6 Å². The molecule has 0 unspecified atom stereocenters. The van der Waals surface area contributed by atoms with Gasteiger partial charge in [0.1, 0.15) is 5.01 Å². The first kappa shape index (κ1) is 18.7. The molecule has 1 amide bonds. The Hall–Kier alpha value is -2.62. The van der Waals surface area contributed by atoms with Gasteiger partial charge in [0.15, 0.2) is 0 Å². The summed E-state index contributed by atoms with van der Waals surface area (Å²) in [5.74, 6) is -0.419. The van der Waals surface area contributed by atoms with E-state index in [1.807, 2.05) is 24.3 Å². The van der Waals surface area contributed by atoms with Crippen molar-refractivity contribution in [2.24, 2.45) is 0 Å². The van der Waals surface area contributed by atoms with Crippen LogP contribution in [-0.4, -0.2) is 35.4 Å². The van der Waals surface area contributed by atoms with Gasteiger partial charge < -0.3 is 0 Å². The molecule has 7 nitrogen and oxygen atoms in total. The zero-order chi connectivity index (χ0) is 19.7. The van der Waals surface area contributed by atoms with Gasteiger partial charge in [-0.15, -0.1) is 10.2 Å². The fourth-order valence-corrected chi connectivity index (χ4v) is 5.19. The molecule has 1 aromatic heterocycles. The topological polar surface area (TPSA) is 92.3 Å². The summed E-state index contributed by atoms with van der Waals surface area (Å²) in [6.07, 6.45) is 0.673. The molecule has 0 bridgehead atoms. The van der Waals surface area contributed by atoms with Crippen LogP contribution in [0.25, 0.3) is 0 Å². The van der Waals surface area contributed by atoms with Crippen LogP contribution in [-0.2, 0) is 23.0 Å². The molecule has 28 heavy (non-hydrogen) atoms. The van der Waals surface area contributed by atoms with Crippen LogP contribution < -0.4 is 5.32 Å². The molecule has 0 spiro atoms. The Morgan fingerprint density at radius 3 is 2.64 bits per heavy atom. The minimum atomic E-state index is -3.70. The minimum Gasteiger partial charge on any atom is -0.296 e. The lowest BCUT2D eigenvalue weighted by molar-refractivity contribution is 0.102. The third-order valence-corrected chi connectivity index (χ3v) is 7.17. The first-order valence-electron chi connectivity index (χ1n) is 8.72. The maximum Gasteiger partial charge on any atom is 0.257 e. The average molecular weight is 415 g/mol. The van der Waals surface area contributed by atoms with Crippen LogP contribution in [0.3, 0.4) is 0 Å². The number of aryl methyl sites for hydroxylation is 1. The van der Waals surface area contributed by atoms with Gasteiger partial charge in [-0.3, -0.25) is 10.1 Å². The Labute approximate surface area is 167 Å². The van der Waals surface area contributed by atoms with Crippen LogP contribution in [0, 0.1) is 6.92 Å². The SMILES string of the molecule is Cc1nnc(NC(=O)c2cccc(S(=O)(=O)N3CCc4ccccc4C3)c2)s1. The van der Waals surface area contributed by atoms with E-state index in [1.165, 1.54) is 33.3 Å². The molecular formula is C19H18N4O3S2. The van der Waals surface area contributed by atoms with Gasteiger partial charge in [0.05, 0.1) is 4.90 Å². The maximum atomic E-state index is 13.1. The molecule has 9 heteroatoms. The summed E-state index contributed by atoms with van der Waals surface area (Å²) in [6.45, 7) is 2.54. The summed E-state index contributed by atoms with van der Waals surface area (Å²) in [4.78, 5) is 12.6. The lowest BCUT2D eigenvalue weighted by atomic mass is 10.0. The van der Waals surface area contributed by atoms with E-state index in [2.05, 4.69) is 15.5 Å². The van der Waals surface area contributed by atoms with Gasteiger partial charge in [0.25, 0.3) is 5.91 Å². The number of hydrogen-bond acceptors (Lipinski definition) is 6. The summed E-state index contributed by atoms with van der Waals surface area (Å²) in [6, 6.07) is 13.9. The number of amides is 1. The number of nitrogens with one attached hydrogen (secondary N) is 1. The molecule has 1 aliphatic heterocycles. The molecule has 0 fully saturated rings. The van der Waals surface area contributed by atoms with Crippen molar-refractivity contribution in [1.29, 1.82) is 0 Å². The summed E-state index contributed by atoms with van der Waals surface area (Å²) < 4.78 is 27.7. The van der Waals surface area contributed by atoms with E-state index < -0.39 is 15.9 Å². The highest BCUT2D eigenvalue weighted by atomic mass is 32.2. The molecule has 0 saturated carbocycles. The van der Waals surface area contributed by atoms with E-state index in [-0.39, 0.29) is 10.5 Å². The van der Waals surface area contributed by atoms with Gasteiger partial charge in [0, 0.05) is 18.7 Å². The van der Waals surface area contributed by atoms with Gasteiger partial charge >= 0.3 is 0 Å². The van der Waals surface area contributed by atoms with E-state index >= 15 is 0 Å². The van der Waals surface area contributed by atoms with Gasteiger partial charge in [-0.1, -0.05) is 41.7 Å². The average Bonchev–Trinajstić information content (AvgIpc) is 3.12. The summed E-state index contributed by atoms with van der Waals surface area (Å²) in [5, 5.41) is 11.5. The Morgan fingerprint density at radius 1 is 1.11 bits per heavy atom. The maximum absolute atomic E-state index is 13.1. The summed E-state index contributed by atoms with van der Waals surface area (Å²) >= 11 is 1.26.